The second kappa shape index (κ2) is 8.22. The van der Waals surface area contributed by atoms with Crippen LogP contribution in [-0.4, -0.2) is 16.6 Å². The highest BCUT2D eigenvalue weighted by atomic mass is 32.2. The number of nitrogens with one attached hydrogen (secondary N) is 1. The van der Waals surface area contributed by atoms with Gasteiger partial charge in [0.1, 0.15) is 16.9 Å². The maximum atomic E-state index is 13.0. The van der Waals surface area contributed by atoms with Gasteiger partial charge in [0.2, 0.25) is 0 Å². The number of nitriles is 2. The minimum atomic E-state index is -0.383. The summed E-state index contributed by atoms with van der Waals surface area (Å²) >= 11 is 1.15. The number of para-hydroxylation sites is 1. The molecule has 3 rings (SSSR count). The van der Waals surface area contributed by atoms with E-state index in [1.54, 1.807) is 31.2 Å². The van der Waals surface area contributed by atoms with Crippen LogP contribution in [0.15, 0.2) is 58.2 Å². The summed E-state index contributed by atoms with van der Waals surface area (Å²) in [5.41, 5.74) is 1.95. The van der Waals surface area contributed by atoms with Crippen molar-refractivity contribution in [3.05, 3.63) is 65.5 Å². The Bertz CT molecular complexity index is 1050. The Balaban J connectivity index is 2.17. The molecule has 1 aromatic carbocycles. The van der Waals surface area contributed by atoms with Crippen LogP contribution in [0, 0.1) is 29.6 Å². The van der Waals surface area contributed by atoms with Gasteiger partial charge in [-0.25, -0.2) is 4.98 Å². The van der Waals surface area contributed by atoms with Crippen LogP contribution < -0.4 is 5.32 Å². The van der Waals surface area contributed by atoms with Gasteiger partial charge in [0, 0.05) is 5.69 Å². The summed E-state index contributed by atoms with van der Waals surface area (Å²) in [6, 6.07) is 16.5. The Morgan fingerprint density at radius 3 is 2.63 bits per heavy atom. The summed E-state index contributed by atoms with van der Waals surface area (Å²) in [5.74, 6) is 0.161. The Morgan fingerprint density at radius 1 is 1.22 bits per heavy atom. The zero-order valence-corrected chi connectivity index (χ0v) is 15.2. The minimum absolute atomic E-state index is 0.147. The highest BCUT2D eigenvalue weighted by Crippen LogP contribution is 2.35. The molecule has 3 aromatic rings. The average Bonchev–Trinajstić information content (AvgIpc) is 3.20. The van der Waals surface area contributed by atoms with E-state index in [-0.39, 0.29) is 22.8 Å². The largest absolute Gasteiger partial charge is 0.464 e. The topological polar surface area (TPSA) is 103 Å². The molecule has 0 aliphatic heterocycles. The molecular formula is C20H14N4O2S. The molecule has 0 unspecified atom stereocenters. The zero-order chi connectivity index (χ0) is 19.2. The Morgan fingerprint density at radius 2 is 2.00 bits per heavy atom. The van der Waals surface area contributed by atoms with Crippen molar-refractivity contribution in [2.75, 3.05) is 11.1 Å². The van der Waals surface area contributed by atoms with E-state index in [2.05, 4.69) is 16.4 Å². The van der Waals surface area contributed by atoms with Crippen molar-refractivity contribution in [1.29, 1.82) is 10.5 Å². The van der Waals surface area contributed by atoms with Crippen LogP contribution in [0.1, 0.15) is 21.6 Å². The molecule has 7 heteroatoms. The number of thioether (sulfide) groups is 1. The third-order valence-corrected chi connectivity index (χ3v) is 4.60. The smallest absolute Gasteiger partial charge is 0.258 e. The summed E-state index contributed by atoms with van der Waals surface area (Å²) < 4.78 is 5.48. The molecule has 0 bridgehead atoms. The molecular weight excluding hydrogens is 360 g/mol. The van der Waals surface area contributed by atoms with E-state index >= 15 is 0 Å². The lowest BCUT2D eigenvalue weighted by molar-refractivity contribution is 0.102. The molecule has 1 N–H and O–H groups in total. The molecule has 1 amide bonds. The predicted octanol–water partition coefficient (Wildman–Crippen LogP) is 4.39. The number of carbonyl (C=O) groups is 1. The third-order valence-electron chi connectivity index (χ3n) is 3.76. The molecule has 2 heterocycles. The van der Waals surface area contributed by atoms with E-state index < -0.39 is 0 Å². The first-order chi connectivity index (χ1) is 13.2. The van der Waals surface area contributed by atoms with E-state index in [0.717, 1.165) is 11.8 Å². The number of benzene rings is 1. The van der Waals surface area contributed by atoms with Gasteiger partial charge in [0.05, 0.1) is 40.5 Å². The normalized spacial score (nSPS) is 10.0. The van der Waals surface area contributed by atoms with Crippen molar-refractivity contribution in [2.24, 2.45) is 0 Å². The third kappa shape index (κ3) is 3.84. The van der Waals surface area contributed by atoms with Crippen molar-refractivity contribution < 1.29 is 9.21 Å². The van der Waals surface area contributed by atoms with Gasteiger partial charge in [0.15, 0.2) is 0 Å². The zero-order valence-electron chi connectivity index (χ0n) is 14.4. The fraction of sp³-hybridized carbons (Fsp3) is 0.100. The lowest BCUT2D eigenvalue weighted by atomic mass is 9.99. The monoisotopic (exact) mass is 374 g/mol. The standard InChI is InChI=1S/C20H14N4O2S/c1-13-17(19(25)24-14-6-3-2-4-7-14)18(16-8-5-10-26-16)15(12-22)20(23-13)27-11-9-21/h2-8,10H,11H2,1H3,(H,24,25). The summed E-state index contributed by atoms with van der Waals surface area (Å²) in [5, 5.41) is 21.8. The second-order valence-corrected chi connectivity index (χ2v) is 6.45. The van der Waals surface area contributed by atoms with Gasteiger partial charge in [-0.1, -0.05) is 30.0 Å². The Labute approximate surface area is 160 Å². The van der Waals surface area contributed by atoms with E-state index in [9.17, 15) is 10.1 Å². The first kappa shape index (κ1) is 18.2. The van der Waals surface area contributed by atoms with E-state index in [1.165, 1.54) is 6.26 Å². The van der Waals surface area contributed by atoms with E-state index in [4.69, 9.17) is 9.68 Å². The summed E-state index contributed by atoms with van der Waals surface area (Å²) in [7, 11) is 0. The van der Waals surface area contributed by atoms with Crippen molar-refractivity contribution >= 4 is 23.4 Å². The van der Waals surface area contributed by atoms with Crippen LogP contribution in [0.5, 0.6) is 0 Å². The molecule has 0 atom stereocenters. The molecule has 0 aliphatic rings. The van der Waals surface area contributed by atoms with Gasteiger partial charge in [-0.3, -0.25) is 4.79 Å². The Hall–Kier alpha value is -3.55. The second-order valence-electron chi connectivity index (χ2n) is 5.48. The Kier molecular flexibility index (Phi) is 5.55. The van der Waals surface area contributed by atoms with Crippen molar-refractivity contribution in [3.8, 4) is 23.5 Å². The number of amides is 1. The van der Waals surface area contributed by atoms with Crippen LogP contribution in [0.25, 0.3) is 11.3 Å². The van der Waals surface area contributed by atoms with Crippen LogP contribution in [0.3, 0.4) is 0 Å². The molecule has 0 saturated carbocycles. The average molecular weight is 374 g/mol. The molecule has 27 heavy (non-hydrogen) atoms. The van der Waals surface area contributed by atoms with Crippen molar-refractivity contribution in [1.82, 2.24) is 4.98 Å². The number of hydrogen-bond donors (Lipinski definition) is 1. The quantitative estimate of drug-likeness (QED) is 0.664. The van der Waals surface area contributed by atoms with Gasteiger partial charge in [0.25, 0.3) is 5.91 Å². The number of hydrogen-bond acceptors (Lipinski definition) is 6. The first-order valence-corrected chi connectivity index (χ1v) is 8.99. The van der Waals surface area contributed by atoms with Crippen molar-refractivity contribution in [2.45, 2.75) is 11.9 Å². The molecule has 0 fully saturated rings. The van der Waals surface area contributed by atoms with Gasteiger partial charge in [-0.05, 0) is 31.2 Å². The summed E-state index contributed by atoms with van der Waals surface area (Å²) in [6.45, 7) is 1.70. The fourth-order valence-corrected chi connectivity index (χ4v) is 3.34. The highest BCUT2D eigenvalue weighted by Gasteiger charge is 2.25. The number of anilines is 1. The lowest BCUT2D eigenvalue weighted by Gasteiger charge is -2.15. The number of aryl methyl sites for hydroxylation is 1. The summed E-state index contributed by atoms with van der Waals surface area (Å²) in [6.07, 6.45) is 1.48. The first-order valence-electron chi connectivity index (χ1n) is 8.00. The molecule has 0 aliphatic carbocycles. The van der Waals surface area contributed by atoms with Crippen LogP contribution in [-0.2, 0) is 0 Å². The van der Waals surface area contributed by atoms with Crippen LogP contribution in [0.4, 0.5) is 5.69 Å². The van der Waals surface area contributed by atoms with Gasteiger partial charge >= 0.3 is 0 Å². The highest BCUT2D eigenvalue weighted by molar-refractivity contribution is 7.99. The van der Waals surface area contributed by atoms with E-state index in [1.807, 2.05) is 24.3 Å². The summed E-state index contributed by atoms with van der Waals surface area (Å²) in [4.78, 5) is 17.4. The minimum Gasteiger partial charge on any atom is -0.464 e. The molecule has 2 aromatic heterocycles. The number of nitrogens with zero attached hydrogens (tertiary/aromatic N) is 3. The van der Waals surface area contributed by atoms with Crippen molar-refractivity contribution in [3.63, 3.8) is 0 Å². The number of carbonyl (C=O) groups excluding carboxylic acids is 1. The maximum Gasteiger partial charge on any atom is 0.258 e. The SMILES string of the molecule is Cc1nc(SCC#N)c(C#N)c(-c2ccco2)c1C(=O)Nc1ccccc1. The maximum absolute atomic E-state index is 13.0. The number of pyridine rings is 1. The van der Waals surface area contributed by atoms with Gasteiger partial charge in [-0.15, -0.1) is 0 Å². The van der Waals surface area contributed by atoms with Crippen LogP contribution >= 0.6 is 11.8 Å². The predicted molar refractivity (Wildman–Crippen MR) is 102 cm³/mol. The van der Waals surface area contributed by atoms with Gasteiger partial charge in [-0.2, -0.15) is 10.5 Å². The van der Waals surface area contributed by atoms with Gasteiger partial charge < -0.3 is 9.73 Å². The number of furan rings is 1. The molecule has 0 spiro atoms. The molecule has 0 radical (unpaired) electrons. The number of rotatable bonds is 5. The molecule has 0 saturated heterocycles. The fourth-order valence-electron chi connectivity index (χ4n) is 2.65. The lowest BCUT2D eigenvalue weighted by Crippen LogP contribution is -2.17. The van der Waals surface area contributed by atoms with Crippen LogP contribution in [0.2, 0.25) is 0 Å². The molecule has 6 nitrogen and oxygen atoms in total. The molecule has 132 valence electrons. The number of aromatic nitrogens is 1. The van der Waals surface area contributed by atoms with E-state index in [0.29, 0.717) is 27.7 Å².